The topological polar surface area (TPSA) is 82.9 Å². The highest BCUT2D eigenvalue weighted by Gasteiger charge is 2.23. The summed E-state index contributed by atoms with van der Waals surface area (Å²) in [6.45, 7) is 5.99. The van der Waals surface area contributed by atoms with E-state index in [1.165, 1.54) is 0 Å². The summed E-state index contributed by atoms with van der Waals surface area (Å²) >= 11 is 0. The fourth-order valence-corrected chi connectivity index (χ4v) is 2.51. The minimum Gasteiger partial charge on any atom is -0.467 e. The summed E-state index contributed by atoms with van der Waals surface area (Å²) in [6, 6.07) is 3.34. The Morgan fingerprint density at radius 1 is 1.32 bits per heavy atom. The van der Waals surface area contributed by atoms with Gasteiger partial charge >= 0.3 is 0 Å². The van der Waals surface area contributed by atoms with E-state index in [9.17, 15) is 14.4 Å². The molecule has 138 valence electrons. The summed E-state index contributed by atoms with van der Waals surface area (Å²) in [5.41, 5.74) is 0.552. The van der Waals surface area contributed by atoms with Crippen LogP contribution in [0.5, 0.6) is 0 Å². The molecule has 0 aliphatic carbocycles. The highest BCUT2D eigenvalue weighted by atomic mass is 16.3. The van der Waals surface area contributed by atoms with Gasteiger partial charge in [-0.2, -0.15) is 0 Å². The van der Waals surface area contributed by atoms with Gasteiger partial charge in [0.05, 0.1) is 25.4 Å². The first-order valence-electron chi connectivity index (χ1n) is 8.16. The van der Waals surface area contributed by atoms with Crippen LogP contribution in [0.1, 0.15) is 26.5 Å². The Morgan fingerprint density at radius 3 is 2.52 bits per heavy atom. The van der Waals surface area contributed by atoms with E-state index in [1.54, 1.807) is 49.2 Å². The van der Waals surface area contributed by atoms with Crippen LogP contribution in [0.3, 0.4) is 0 Å². The summed E-state index contributed by atoms with van der Waals surface area (Å²) < 4.78 is 5.26. The van der Waals surface area contributed by atoms with Crippen LogP contribution in [-0.2, 0) is 20.9 Å². The number of hydrogen-bond donors (Lipinski definition) is 1. The maximum Gasteiger partial charge on any atom is 0.249 e. The zero-order valence-electron chi connectivity index (χ0n) is 15.5. The molecule has 0 radical (unpaired) electrons. The summed E-state index contributed by atoms with van der Waals surface area (Å²) in [4.78, 5) is 38.1. The van der Waals surface area contributed by atoms with Crippen molar-refractivity contribution in [3.8, 4) is 0 Å². The van der Waals surface area contributed by atoms with E-state index in [-0.39, 0.29) is 30.3 Å². The maximum absolute atomic E-state index is 12.5. The van der Waals surface area contributed by atoms with Crippen LogP contribution in [0.4, 0.5) is 0 Å². The monoisotopic (exact) mass is 349 g/mol. The van der Waals surface area contributed by atoms with Gasteiger partial charge in [0.2, 0.25) is 18.2 Å². The van der Waals surface area contributed by atoms with Crippen LogP contribution < -0.4 is 5.32 Å². The van der Waals surface area contributed by atoms with Crippen LogP contribution in [-0.4, -0.2) is 54.7 Å². The van der Waals surface area contributed by atoms with Crippen molar-refractivity contribution in [3.05, 3.63) is 35.8 Å². The second kappa shape index (κ2) is 9.66. The molecule has 3 amide bonds. The molecule has 1 aromatic rings. The molecule has 1 aromatic heterocycles. The SMILES string of the molecule is C/C(=C\[C@H](C(C)C)N(C)C(=O)CNC=O)C(=O)N(C)Cc1ccco1. The lowest BCUT2D eigenvalue weighted by molar-refractivity contribution is -0.132. The molecular weight excluding hydrogens is 322 g/mol. The first-order valence-corrected chi connectivity index (χ1v) is 8.16. The Bertz CT molecular complexity index is 608. The zero-order valence-corrected chi connectivity index (χ0v) is 15.5. The van der Waals surface area contributed by atoms with E-state index in [2.05, 4.69) is 5.32 Å². The van der Waals surface area contributed by atoms with Crippen LogP contribution >= 0.6 is 0 Å². The van der Waals surface area contributed by atoms with E-state index < -0.39 is 0 Å². The molecule has 0 saturated heterocycles. The number of hydrogen-bond acceptors (Lipinski definition) is 4. The molecular formula is C18H27N3O4. The molecule has 1 atom stereocenters. The van der Waals surface area contributed by atoms with E-state index in [0.717, 1.165) is 0 Å². The average Bonchev–Trinajstić information content (AvgIpc) is 3.08. The van der Waals surface area contributed by atoms with E-state index >= 15 is 0 Å². The van der Waals surface area contributed by atoms with Gasteiger partial charge in [-0.15, -0.1) is 0 Å². The van der Waals surface area contributed by atoms with E-state index in [4.69, 9.17) is 4.42 Å². The van der Waals surface area contributed by atoms with Crippen molar-refractivity contribution >= 4 is 18.2 Å². The third kappa shape index (κ3) is 6.10. The fraction of sp³-hybridized carbons (Fsp3) is 0.500. The molecule has 0 bridgehead atoms. The minimum atomic E-state index is -0.248. The summed E-state index contributed by atoms with van der Waals surface area (Å²) in [5.74, 6) is 0.472. The molecule has 1 heterocycles. The molecule has 0 fully saturated rings. The van der Waals surface area contributed by atoms with E-state index in [0.29, 0.717) is 24.3 Å². The van der Waals surface area contributed by atoms with Crippen molar-refractivity contribution in [2.24, 2.45) is 5.92 Å². The number of carbonyl (C=O) groups is 3. The number of amides is 3. The van der Waals surface area contributed by atoms with Gasteiger partial charge in [0.25, 0.3) is 0 Å². The lowest BCUT2D eigenvalue weighted by Crippen LogP contribution is -2.43. The van der Waals surface area contributed by atoms with Gasteiger partial charge < -0.3 is 19.5 Å². The van der Waals surface area contributed by atoms with Gasteiger partial charge in [-0.05, 0) is 25.0 Å². The first kappa shape index (κ1) is 20.5. The predicted molar refractivity (Wildman–Crippen MR) is 94.4 cm³/mol. The lowest BCUT2D eigenvalue weighted by Gasteiger charge is -2.30. The fourth-order valence-electron chi connectivity index (χ4n) is 2.51. The number of carbonyl (C=O) groups excluding carboxylic acids is 3. The Hall–Kier alpha value is -2.57. The van der Waals surface area contributed by atoms with Crippen molar-refractivity contribution in [2.45, 2.75) is 33.4 Å². The largest absolute Gasteiger partial charge is 0.467 e. The summed E-state index contributed by atoms with van der Waals surface area (Å²) in [6.07, 6.45) is 3.86. The number of nitrogens with zero attached hydrogens (tertiary/aromatic N) is 2. The zero-order chi connectivity index (χ0) is 19.0. The molecule has 1 rings (SSSR count). The quantitative estimate of drug-likeness (QED) is 0.540. The molecule has 0 aliphatic heterocycles. The van der Waals surface area contributed by atoms with Gasteiger partial charge in [-0.1, -0.05) is 19.9 Å². The smallest absolute Gasteiger partial charge is 0.249 e. The van der Waals surface area contributed by atoms with Gasteiger partial charge in [-0.3, -0.25) is 14.4 Å². The highest BCUT2D eigenvalue weighted by Crippen LogP contribution is 2.15. The van der Waals surface area contributed by atoms with Crippen molar-refractivity contribution < 1.29 is 18.8 Å². The van der Waals surface area contributed by atoms with Gasteiger partial charge in [0.15, 0.2) is 0 Å². The molecule has 25 heavy (non-hydrogen) atoms. The second-order valence-corrected chi connectivity index (χ2v) is 6.33. The number of furan rings is 1. The Kier molecular flexibility index (Phi) is 7.91. The average molecular weight is 349 g/mol. The molecule has 7 nitrogen and oxygen atoms in total. The third-order valence-electron chi connectivity index (χ3n) is 3.94. The van der Waals surface area contributed by atoms with Crippen LogP contribution in [0.25, 0.3) is 0 Å². The summed E-state index contributed by atoms with van der Waals surface area (Å²) in [5, 5.41) is 2.36. The number of nitrogens with one attached hydrogen (secondary N) is 1. The molecule has 0 spiro atoms. The Labute approximate surface area is 148 Å². The van der Waals surface area contributed by atoms with E-state index in [1.807, 2.05) is 19.9 Å². The molecule has 0 saturated carbocycles. The minimum absolute atomic E-state index is 0.0670. The number of rotatable bonds is 9. The summed E-state index contributed by atoms with van der Waals surface area (Å²) in [7, 11) is 3.37. The molecule has 1 N–H and O–H groups in total. The molecule has 0 unspecified atom stereocenters. The normalized spacial score (nSPS) is 12.6. The van der Waals surface area contributed by atoms with Crippen molar-refractivity contribution in [3.63, 3.8) is 0 Å². The predicted octanol–water partition coefficient (Wildman–Crippen LogP) is 1.41. The maximum atomic E-state index is 12.5. The van der Waals surface area contributed by atoms with Crippen molar-refractivity contribution in [1.82, 2.24) is 15.1 Å². The molecule has 0 aliphatic rings. The Morgan fingerprint density at radius 2 is 2.00 bits per heavy atom. The Balaban J connectivity index is 2.83. The van der Waals surface area contributed by atoms with Crippen LogP contribution in [0.15, 0.2) is 34.5 Å². The van der Waals surface area contributed by atoms with Crippen LogP contribution in [0.2, 0.25) is 0 Å². The number of likely N-dealkylation sites (N-methyl/N-ethyl adjacent to an activating group) is 2. The van der Waals surface area contributed by atoms with Gasteiger partial charge in [-0.25, -0.2) is 0 Å². The highest BCUT2D eigenvalue weighted by molar-refractivity contribution is 5.92. The van der Waals surface area contributed by atoms with Gasteiger partial charge in [0, 0.05) is 19.7 Å². The molecule has 7 heteroatoms. The third-order valence-corrected chi connectivity index (χ3v) is 3.94. The van der Waals surface area contributed by atoms with Crippen molar-refractivity contribution in [2.75, 3.05) is 20.6 Å². The lowest BCUT2D eigenvalue weighted by atomic mass is 9.99. The first-order chi connectivity index (χ1) is 11.8. The van der Waals surface area contributed by atoms with Crippen molar-refractivity contribution in [1.29, 1.82) is 0 Å². The second-order valence-electron chi connectivity index (χ2n) is 6.33. The standard InChI is InChI=1S/C18H27N3O4/c1-13(2)16(21(5)17(23)10-19-12-22)9-14(3)18(24)20(4)11-15-7-6-8-25-15/h6-9,12-13,16H,10-11H2,1-5H3,(H,19,22)/b14-9+/t16-/m1/s1. The van der Waals surface area contributed by atoms with Gasteiger partial charge in [0.1, 0.15) is 5.76 Å². The van der Waals surface area contributed by atoms with Crippen LogP contribution in [0, 0.1) is 5.92 Å². The molecule has 0 aromatic carbocycles.